The van der Waals surface area contributed by atoms with E-state index in [1.165, 1.54) is 45.3 Å². The number of aromatic nitrogens is 2. The molecule has 6 nitrogen and oxygen atoms in total. The molecule has 0 aliphatic heterocycles. The van der Waals surface area contributed by atoms with Gasteiger partial charge in [-0.15, -0.1) is 0 Å². The summed E-state index contributed by atoms with van der Waals surface area (Å²) in [6, 6.07) is 15.9. The van der Waals surface area contributed by atoms with Crippen LogP contribution in [-0.2, 0) is 10.0 Å². The van der Waals surface area contributed by atoms with Crippen LogP contribution in [0.25, 0.3) is 16.6 Å². The Morgan fingerprint density at radius 1 is 0.886 bits per heavy atom. The summed E-state index contributed by atoms with van der Waals surface area (Å²) in [7, 11) is -4.08. The van der Waals surface area contributed by atoms with Crippen molar-refractivity contribution in [2.24, 2.45) is 5.92 Å². The van der Waals surface area contributed by atoms with Gasteiger partial charge in [-0.05, 0) is 73.5 Å². The first-order chi connectivity index (χ1) is 16.6. The second kappa shape index (κ2) is 9.67. The van der Waals surface area contributed by atoms with Crippen LogP contribution in [0.2, 0.25) is 0 Å². The zero-order chi connectivity index (χ0) is 25.3. The minimum Gasteiger partial charge on any atom is -0.268 e. The Morgan fingerprint density at radius 3 is 2.06 bits per heavy atom. The summed E-state index contributed by atoms with van der Waals surface area (Å²) in [5.74, 6) is -0.884. The topological polar surface area (TPSA) is 72.3 Å². The van der Waals surface area contributed by atoms with Gasteiger partial charge in [0.15, 0.2) is 0 Å². The average molecular weight is 498 g/mol. The largest absolute Gasteiger partial charge is 0.268 e. The van der Waals surface area contributed by atoms with Gasteiger partial charge in [-0.1, -0.05) is 26.0 Å². The summed E-state index contributed by atoms with van der Waals surface area (Å²) in [6.45, 7) is 5.54. The molecule has 0 radical (unpaired) electrons. The van der Waals surface area contributed by atoms with Crippen molar-refractivity contribution in [3.8, 4) is 5.69 Å². The fourth-order valence-corrected chi connectivity index (χ4v) is 5.72. The highest BCUT2D eigenvalue weighted by Gasteiger charge is 2.33. The number of nitrogens with zero attached hydrogens (tertiary/aromatic N) is 3. The number of hydrogen-bond acceptors (Lipinski definition) is 4. The smallest absolute Gasteiger partial charge is 0.266 e. The van der Waals surface area contributed by atoms with Crippen molar-refractivity contribution >= 4 is 20.9 Å². The van der Waals surface area contributed by atoms with Gasteiger partial charge in [0.2, 0.25) is 10.0 Å². The molecule has 0 saturated heterocycles. The number of fused-ring (bicyclic) bond motifs is 1. The van der Waals surface area contributed by atoms with Crippen molar-refractivity contribution in [3.63, 3.8) is 0 Å². The predicted molar refractivity (Wildman–Crippen MR) is 131 cm³/mol. The van der Waals surface area contributed by atoms with Gasteiger partial charge in [-0.3, -0.25) is 9.36 Å². The lowest BCUT2D eigenvalue weighted by molar-refractivity contribution is 0.296. The van der Waals surface area contributed by atoms with Crippen LogP contribution in [0.15, 0.2) is 82.5 Å². The molecule has 0 spiro atoms. The maximum Gasteiger partial charge on any atom is 0.266 e. The molecule has 0 aliphatic carbocycles. The third-order valence-corrected chi connectivity index (χ3v) is 7.61. The van der Waals surface area contributed by atoms with Gasteiger partial charge < -0.3 is 0 Å². The summed E-state index contributed by atoms with van der Waals surface area (Å²) < 4.78 is 57.1. The van der Waals surface area contributed by atoms with Crippen LogP contribution in [-0.4, -0.2) is 28.8 Å². The lowest BCUT2D eigenvalue weighted by Crippen LogP contribution is -2.39. The number of rotatable bonds is 7. The van der Waals surface area contributed by atoms with Crippen LogP contribution in [0.1, 0.15) is 32.6 Å². The van der Waals surface area contributed by atoms with E-state index in [1.54, 1.807) is 31.2 Å². The fourth-order valence-electron chi connectivity index (χ4n) is 3.96. The van der Waals surface area contributed by atoms with E-state index in [4.69, 9.17) is 0 Å². The molecule has 1 heterocycles. The highest BCUT2D eigenvalue weighted by molar-refractivity contribution is 7.89. The summed E-state index contributed by atoms with van der Waals surface area (Å²) in [4.78, 5) is 18.2. The van der Waals surface area contributed by atoms with Crippen LogP contribution < -0.4 is 5.56 Å². The van der Waals surface area contributed by atoms with Crippen molar-refractivity contribution < 1.29 is 17.2 Å². The van der Waals surface area contributed by atoms with Gasteiger partial charge in [0, 0.05) is 6.54 Å². The van der Waals surface area contributed by atoms with E-state index in [9.17, 15) is 22.0 Å². The Kier molecular flexibility index (Phi) is 6.82. The minimum atomic E-state index is -4.08. The average Bonchev–Trinajstić information content (AvgIpc) is 2.83. The van der Waals surface area contributed by atoms with E-state index in [2.05, 4.69) is 4.98 Å². The predicted octanol–water partition coefficient (Wildman–Crippen LogP) is 5.07. The summed E-state index contributed by atoms with van der Waals surface area (Å²) in [5, 5.41) is 0.351. The molecule has 1 atom stereocenters. The molecule has 0 saturated carbocycles. The van der Waals surface area contributed by atoms with E-state index in [0.717, 1.165) is 12.1 Å². The first kappa shape index (κ1) is 24.7. The van der Waals surface area contributed by atoms with Gasteiger partial charge in [-0.25, -0.2) is 22.2 Å². The molecular formula is C26H25F2N3O3S. The Balaban J connectivity index is 1.96. The van der Waals surface area contributed by atoms with Gasteiger partial charge >= 0.3 is 0 Å². The van der Waals surface area contributed by atoms with Crippen LogP contribution >= 0.6 is 0 Å². The molecule has 3 aromatic carbocycles. The van der Waals surface area contributed by atoms with E-state index in [1.807, 2.05) is 13.8 Å². The number of para-hydroxylation sites is 1. The molecule has 0 bridgehead atoms. The van der Waals surface area contributed by atoms with E-state index < -0.39 is 33.3 Å². The lowest BCUT2D eigenvalue weighted by Gasteiger charge is -2.31. The zero-order valence-corrected chi connectivity index (χ0v) is 20.3. The molecule has 182 valence electrons. The number of benzene rings is 3. The van der Waals surface area contributed by atoms with Crippen molar-refractivity contribution in [2.45, 2.75) is 31.7 Å². The second-order valence-corrected chi connectivity index (χ2v) is 10.6. The standard InChI is InChI=1S/C26H25F2N3O3S/c1-17(2)16-30(35(33,34)22-14-10-20(28)11-15-22)18(3)25-29-24-7-5-4-6-23(24)26(32)31(25)21-12-8-19(27)9-13-21/h4-15,17-18H,16H2,1-3H3. The molecule has 9 heteroatoms. The molecule has 4 rings (SSSR count). The SMILES string of the molecule is CC(C)CN(C(C)c1nc2ccccc2c(=O)n1-c1ccc(F)cc1)S(=O)(=O)c1ccc(F)cc1. The monoisotopic (exact) mass is 497 g/mol. The third kappa shape index (κ3) is 4.87. The van der Waals surface area contributed by atoms with Crippen LogP contribution in [0.5, 0.6) is 0 Å². The highest BCUT2D eigenvalue weighted by atomic mass is 32.2. The molecule has 4 aromatic rings. The number of sulfonamides is 1. The van der Waals surface area contributed by atoms with Crippen LogP contribution in [0, 0.1) is 17.6 Å². The van der Waals surface area contributed by atoms with Crippen molar-refractivity contribution in [3.05, 3.63) is 101 Å². The quantitative estimate of drug-likeness (QED) is 0.357. The van der Waals surface area contributed by atoms with Gasteiger partial charge in [0.25, 0.3) is 5.56 Å². The molecule has 1 aromatic heterocycles. The normalized spacial score (nSPS) is 13.0. The lowest BCUT2D eigenvalue weighted by atomic mass is 10.1. The highest BCUT2D eigenvalue weighted by Crippen LogP contribution is 2.29. The molecule has 0 fully saturated rings. The fraction of sp³-hybridized carbons (Fsp3) is 0.231. The molecule has 0 amide bonds. The minimum absolute atomic E-state index is 0.0564. The van der Waals surface area contributed by atoms with Crippen molar-refractivity contribution in [2.75, 3.05) is 6.54 Å². The Morgan fingerprint density at radius 2 is 1.46 bits per heavy atom. The molecular weight excluding hydrogens is 472 g/mol. The maximum absolute atomic E-state index is 13.7. The first-order valence-electron chi connectivity index (χ1n) is 11.1. The second-order valence-electron chi connectivity index (χ2n) is 8.70. The molecule has 35 heavy (non-hydrogen) atoms. The number of hydrogen-bond donors (Lipinski definition) is 0. The first-order valence-corrected chi connectivity index (χ1v) is 12.6. The zero-order valence-electron chi connectivity index (χ0n) is 19.5. The van der Waals surface area contributed by atoms with Gasteiger partial charge in [0.1, 0.15) is 17.5 Å². The Labute approximate surface area is 202 Å². The van der Waals surface area contributed by atoms with Crippen molar-refractivity contribution in [1.29, 1.82) is 0 Å². The Bertz CT molecular complexity index is 1520. The van der Waals surface area contributed by atoms with Crippen LogP contribution in [0.4, 0.5) is 8.78 Å². The van der Waals surface area contributed by atoms with E-state index >= 15 is 0 Å². The third-order valence-electron chi connectivity index (χ3n) is 5.66. The molecule has 0 aliphatic rings. The van der Waals surface area contributed by atoms with E-state index in [-0.39, 0.29) is 23.2 Å². The van der Waals surface area contributed by atoms with Crippen molar-refractivity contribution in [1.82, 2.24) is 13.9 Å². The molecule has 1 unspecified atom stereocenters. The Hall–Kier alpha value is -3.43. The number of halogens is 2. The van der Waals surface area contributed by atoms with Gasteiger partial charge in [-0.2, -0.15) is 4.31 Å². The molecule has 0 N–H and O–H groups in total. The van der Waals surface area contributed by atoms with Crippen LogP contribution in [0.3, 0.4) is 0 Å². The summed E-state index contributed by atoms with van der Waals surface area (Å²) in [6.07, 6.45) is 0. The van der Waals surface area contributed by atoms with E-state index in [0.29, 0.717) is 16.6 Å². The maximum atomic E-state index is 13.7. The summed E-state index contributed by atoms with van der Waals surface area (Å²) >= 11 is 0. The van der Waals surface area contributed by atoms with Gasteiger partial charge in [0.05, 0.1) is 27.5 Å². The summed E-state index contributed by atoms with van der Waals surface area (Å²) in [5.41, 5.74) is 0.384.